The van der Waals surface area contributed by atoms with Crippen LogP contribution in [0.3, 0.4) is 0 Å². The first-order chi connectivity index (χ1) is 12.9. The van der Waals surface area contributed by atoms with Crippen molar-refractivity contribution >= 4 is 17.6 Å². The minimum atomic E-state index is -0.806. The number of quaternary nitrogens is 1. The molecule has 0 aliphatic carbocycles. The van der Waals surface area contributed by atoms with Gasteiger partial charge in [0.15, 0.2) is 0 Å². The predicted octanol–water partition coefficient (Wildman–Crippen LogP) is 1.23. The van der Waals surface area contributed by atoms with E-state index in [1.54, 1.807) is 17.8 Å². The molecule has 0 aliphatic rings. The van der Waals surface area contributed by atoms with Crippen molar-refractivity contribution < 1.29 is 20.1 Å². The average molecular weight is 374 g/mol. The van der Waals surface area contributed by atoms with E-state index in [-0.39, 0.29) is 18.4 Å². The number of anilines is 1. The monoisotopic (exact) mass is 374 g/mol. The van der Waals surface area contributed by atoms with Crippen LogP contribution in [0.4, 0.5) is 5.69 Å². The van der Waals surface area contributed by atoms with Crippen LogP contribution in [-0.4, -0.2) is 33.5 Å². The van der Waals surface area contributed by atoms with Gasteiger partial charge in [-0.1, -0.05) is 31.2 Å². The average Bonchev–Trinajstić information content (AvgIpc) is 3.08. The summed E-state index contributed by atoms with van der Waals surface area (Å²) in [5, 5.41) is 10.7. The lowest BCUT2D eigenvalue weighted by Gasteiger charge is -2.17. The summed E-state index contributed by atoms with van der Waals surface area (Å²) in [6.07, 6.45) is 2.15. The summed E-state index contributed by atoms with van der Waals surface area (Å²) in [6, 6.07) is 7.44. The molecule has 0 fully saturated rings. The van der Waals surface area contributed by atoms with Gasteiger partial charge in [-0.25, -0.2) is 4.68 Å². The van der Waals surface area contributed by atoms with E-state index in [9.17, 15) is 9.59 Å². The first-order valence-electron chi connectivity index (χ1n) is 9.17. The van der Waals surface area contributed by atoms with Crippen LogP contribution in [0.25, 0.3) is 0 Å². The van der Waals surface area contributed by atoms with E-state index in [4.69, 9.17) is 4.74 Å². The van der Waals surface area contributed by atoms with E-state index in [0.29, 0.717) is 25.2 Å². The molecule has 1 unspecified atom stereocenters. The number of rotatable bonds is 9. The van der Waals surface area contributed by atoms with Crippen LogP contribution in [-0.2, 0) is 27.4 Å². The molecule has 1 aromatic carbocycles. The van der Waals surface area contributed by atoms with Gasteiger partial charge in [0.25, 0.3) is 0 Å². The normalized spacial score (nSPS) is 12.0. The first kappa shape index (κ1) is 20.6. The van der Waals surface area contributed by atoms with Gasteiger partial charge in [0.1, 0.15) is 18.2 Å². The smallest absolute Gasteiger partial charge is 0.318 e. The van der Waals surface area contributed by atoms with Crippen molar-refractivity contribution in [2.45, 2.75) is 40.3 Å². The predicted molar refractivity (Wildman–Crippen MR) is 100 cm³/mol. The molecular formula is C19H28N5O3+. The van der Waals surface area contributed by atoms with Crippen molar-refractivity contribution in [3.05, 3.63) is 41.7 Å². The molecule has 1 atom stereocenters. The second kappa shape index (κ2) is 9.82. The van der Waals surface area contributed by atoms with Crippen molar-refractivity contribution in [1.82, 2.24) is 15.0 Å². The van der Waals surface area contributed by atoms with Crippen molar-refractivity contribution in [2.75, 3.05) is 11.9 Å². The van der Waals surface area contributed by atoms with Crippen LogP contribution in [0.5, 0.6) is 0 Å². The molecule has 0 aliphatic heterocycles. The number of esters is 1. The van der Waals surface area contributed by atoms with Gasteiger partial charge in [-0.15, -0.1) is 5.10 Å². The summed E-state index contributed by atoms with van der Waals surface area (Å²) in [6.45, 7) is 7.13. The van der Waals surface area contributed by atoms with Crippen LogP contribution in [0.15, 0.2) is 30.5 Å². The van der Waals surface area contributed by atoms with Gasteiger partial charge in [-0.2, -0.15) is 0 Å². The Hall–Kier alpha value is -2.74. The molecule has 1 heterocycles. The Morgan fingerprint density at radius 3 is 2.56 bits per heavy atom. The summed E-state index contributed by atoms with van der Waals surface area (Å²) in [5.41, 5.74) is 6.47. The molecule has 2 rings (SSSR count). The van der Waals surface area contributed by atoms with Crippen LogP contribution in [0.1, 0.15) is 38.4 Å². The summed E-state index contributed by atoms with van der Waals surface area (Å²) < 4.78 is 6.83. The Bertz CT molecular complexity index is 755. The van der Waals surface area contributed by atoms with Crippen LogP contribution >= 0.6 is 0 Å². The van der Waals surface area contributed by atoms with E-state index >= 15 is 0 Å². The van der Waals surface area contributed by atoms with Crippen molar-refractivity contribution in [3.8, 4) is 0 Å². The highest BCUT2D eigenvalue weighted by atomic mass is 16.5. The van der Waals surface area contributed by atoms with Gasteiger partial charge in [-0.05, 0) is 37.0 Å². The van der Waals surface area contributed by atoms with Crippen LogP contribution in [0, 0.1) is 11.8 Å². The number of nitrogens with one attached hydrogen (secondary N) is 1. The lowest BCUT2D eigenvalue weighted by Crippen LogP contribution is -2.48. The molecule has 1 amide bonds. The molecule has 146 valence electrons. The number of aromatic nitrogens is 3. The molecule has 27 heavy (non-hydrogen) atoms. The maximum absolute atomic E-state index is 12.5. The zero-order chi connectivity index (χ0) is 19.8. The molecule has 2 aromatic rings. The van der Waals surface area contributed by atoms with Crippen molar-refractivity contribution in [3.63, 3.8) is 0 Å². The largest absolute Gasteiger partial charge is 0.465 e. The van der Waals surface area contributed by atoms with Gasteiger partial charge in [-0.3, -0.25) is 9.59 Å². The Kier molecular flexibility index (Phi) is 7.48. The molecular weight excluding hydrogens is 346 g/mol. The lowest BCUT2D eigenvalue weighted by molar-refractivity contribution is -0.388. The molecule has 0 bridgehead atoms. The Balaban J connectivity index is 2.03. The number of amides is 1. The number of benzene rings is 1. The summed E-state index contributed by atoms with van der Waals surface area (Å²) in [7, 11) is 0. The first-order valence-corrected chi connectivity index (χ1v) is 9.17. The third-order valence-corrected chi connectivity index (χ3v) is 4.10. The fourth-order valence-corrected chi connectivity index (χ4v) is 2.73. The maximum atomic E-state index is 12.5. The van der Waals surface area contributed by atoms with Crippen molar-refractivity contribution in [1.29, 1.82) is 0 Å². The number of hydrogen-bond donors (Lipinski definition) is 2. The molecule has 0 radical (unpaired) electrons. The minimum absolute atomic E-state index is 0.206. The zero-order valence-corrected chi connectivity index (χ0v) is 16.1. The van der Waals surface area contributed by atoms with E-state index in [2.05, 4.69) is 21.4 Å². The van der Waals surface area contributed by atoms with E-state index < -0.39 is 11.9 Å². The van der Waals surface area contributed by atoms with Crippen LogP contribution < -0.4 is 11.1 Å². The SMILES string of the molecule is CCOC(=O)C(CC(C)C)C(=O)Nc1ccc(Cn2nncc2C[NH3+])cc1. The third kappa shape index (κ3) is 5.89. The molecule has 0 spiro atoms. The Morgan fingerprint density at radius 1 is 1.26 bits per heavy atom. The molecule has 8 heteroatoms. The van der Waals surface area contributed by atoms with Gasteiger partial charge in [0.05, 0.1) is 19.3 Å². The summed E-state index contributed by atoms with van der Waals surface area (Å²) in [4.78, 5) is 24.6. The lowest BCUT2D eigenvalue weighted by atomic mass is 9.96. The van der Waals surface area contributed by atoms with E-state index in [1.807, 2.05) is 38.1 Å². The van der Waals surface area contributed by atoms with E-state index in [1.165, 1.54) is 0 Å². The summed E-state index contributed by atoms with van der Waals surface area (Å²) in [5.74, 6) is -1.42. The second-order valence-electron chi connectivity index (χ2n) is 6.75. The fraction of sp³-hybridized carbons (Fsp3) is 0.474. The van der Waals surface area contributed by atoms with Gasteiger partial charge in [0, 0.05) is 5.69 Å². The zero-order valence-electron chi connectivity index (χ0n) is 16.1. The molecule has 0 saturated heterocycles. The van der Waals surface area contributed by atoms with E-state index in [0.717, 1.165) is 11.3 Å². The molecule has 8 nitrogen and oxygen atoms in total. The molecule has 0 saturated carbocycles. The second-order valence-corrected chi connectivity index (χ2v) is 6.75. The highest BCUT2D eigenvalue weighted by Gasteiger charge is 2.28. The number of carbonyl (C=O) groups is 2. The number of carbonyl (C=O) groups excluding carboxylic acids is 2. The maximum Gasteiger partial charge on any atom is 0.318 e. The van der Waals surface area contributed by atoms with Crippen LogP contribution in [0.2, 0.25) is 0 Å². The van der Waals surface area contributed by atoms with Gasteiger partial charge >= 0.3 is 5.97 Å². The topological polar surface area (TPSA) is 114 Å². The quantitative estimate of drug-likeness (QED) is 0.506. The molecule has 4 N–H and O–H groups in total. The Labute approximate surface area is 159 Å². The fourth-order valence-electron chi connectivity index (χ4n) is 2.73. The number of hydrogen-bond acceptors (Lipinski definition) is 5. The third-order valence-electron chi connectivity index (χ3n) is 4.10. The summed E-state index contributed by atoms with van der Waals surface area (Å²) >= 11 is 0. The Morgan fingerprint density at radius 2 is 1.96 bits per heavy atom. The molecule has 1 aromatic heterocycles. The highest BCUT2D eigenvalue weighted by Crippen LogP contribution is 2.18. The van der Waals surface area contributed by atoms with Crippen molar-refractivity contribution in [2.24, 2.45) is 11.8 Å². The van der Waals surface area contributed by atoms with Gasteiger partial charge < -0.3 is 15.8 Å². The van der Waals surface area contributed by atoms with Gasteiger partial charge in [0.2, 0.25) is 5.91 Å². The minimum Gasteiger partial charge on any atom is -0.465 e. The highest BCUT2D eigenvalue weighted by molar-refractivity contribution is 6.04. The number of ether oxygens (including phenoxy) is 1. The number of nitrogens with zero attached hydrogens (tertiary/aromatic N) is 3. The standard InChI is InChI=1S/C19H27N5O3/c1-4-27-19(26)17(9-13(2)3)18(25)22-15-7-5-14(6-8-15)12-24-16(10-20)11-21-23-24/h5-8,11,13,17H,4,9-10,12,20H2,1-3H3,(H,22,25)/p+1.